The first-order valence-electron chi connectivity index (χ1n) is 4.68. The second-order valence-corrected chi connectivity index (χ2v) is 3.62. The van der Waals surface area contributed by atoms with E-state index in [2.05, 4.69) is 0 Å². The van der Waals surface area contributed by atoms with Gasteiger partial charge in [-0.15, -0.1) is 0 Å². The molecule has 1 nitrogen and oxygen atoms in total. The van der Waals surface area contributed by atoms with Gasteiger partial charge in [-0.1, -0.05) is 23.8 Å². The van der Waals surface area contributed by atoms with Crippen LogP contribution in [-0.4, -0.2) is 6.54 Å². The molecule has 88 valence electrons. The lowest BCUT2D eigenvalue weighted by Crippen LogP contribution is -2.04. The molecule has 16 heavy (non-hydrogen) atoms. The topological polar surface area (TPSA) is 26.0 Å². The minimum Gasteiger partial charge on any atom is -0.330 e. The standard InChI is InChI=1S/C11H11ClF3N/c12-10-5-4-9(11(13,14)15)7-8(10)3-1-2-6-16/h1,3-5,7H,2,6,16H2. The summed E-state index contributed by atoms with van der Waals surface area (Å²) < 4.78 is 37.2. The van der Waals surface area contributed by atoms with Crippen LogP contribution in [0, 0.1) is 0 Å². The summed E-state index contributed by atoms with van der Waals surface area (Å²) in [6.45, 7) is 0.451. The number of rotatable bonds is 3. The fraction of sp³-hybridized carbons (Fsp3) is 0.273. The Morgan fingerprint density at radius 3 is 2.56 bits per heavy atom. The molecule has 5 heteroatoms. The van der Waals surface area contributed by atoms with Crippen molar-refractivity contribution in [2.24, 2.45) is 5.73 Å². The van der Waals surface area contributed by atoms with Crippen molar-refractivity contribution in [3.63, 3.8) is 0 Å². The highest BCUT2D eigenvalue weighted by atomic mass is 35.5. The first-order valence-corrected chi connectivity index (χ1v) is 5.06. The third-order valence-electron chi connectivity index (χ3n) is 1.95. The zero-order chi connectivity index (χ0) is 12.2. The molecule has 0 saturated heterocycles. The number of halogens is 4. The summed E-state index contributed by atoms with van der Waals surface area (Å²) in [7, 11) is 0. The predicted molar refractivity (Wildman–Crippen MR) is 59.2 cm³/mol. The summed E-state index contributed by atoms with van der Waals surface area (Å²) in [4.78, 5) is 0. The molecule has 0 bridgehead atoms. The van der Waals surface area contributed by atoms with E-state index >= 15 is 0 Å². The Bertz CT molecular complexity index is 385. The van der Waals surface area contributed by atoms with Crippen LogP contribution in [-0.2, 0) is 6.18 Å². The molecule has 0 fully saturated rings. The van der Waals surface area contributed by atoms with Gasteiger partial charge in [-0.05, 0) is 36.7 Å². The lowest BCUT2D eigenvalue weighted by atomic mass is 10.1. The van der Waals surface area contributed by atoms with Crippen LogP contribution in [0.4, 0.5) is 13.2 Å². The highest BCUT2D eigenvalue weighted by Gasteiger charge is 2.30. The first-order chi connectivity index (χ1) is 7.45. The zero-order valence-corrected chi connectivity index (χ0v) is 9.15. The molecule has 0 aromatic heterocycles. The number of alkyl halides is 3. The van der Waals surface area contributed by atoms with Crippen molar-refractivity contribution in [3.05, 3.63) is 40.4 Å². The van der Waals surface area contributed by atoms with E-state index in [0.29, 0.717) is 23.6 Å². The third kappa shape index (κ3) is 3.54. The maximum atomic E-state index is 12.4. The van der Waals surface area contributed by atoms with E-state index in [1.165, 1.54) is 6.07 Å². The van der Waals surface area contributed by atoms with Crippen molar-refractivity contribution in [2.75, 3.05) is 6.54 Å². The molecule has 0 aliphatic rings. The van der Waals surface area contributed by atoms with Crippen LogP contribution < -0.4 is 5.73 Å². The first kappa shape index (κ1) is 13.1. The molecule has 0 amide bonds. The molecule has 1 aromatic carbocycles. The number of nitrogens with two attached hydrogens (primary N) is 1. The average molecular weight is 250 g/mol. The maximum Gasteiger partial charge on any atom is 0.416 e. The van der Waals surface area contributed by atoms with Crippen molar-refractivity contribution >= 4 is 17.7 Å². The Morgan fingerprint density at radius 2 is 2.00 bits per heavy atom. The molecule has 1 aromatic rings. The Balaban J connectivity index is 3.00. The van der Waals surface area contributed by atoms with E-state index in [1.807, 2.05) is 0 Å². The van der Waals surface area contributed by atoms with Gasteiger partial charge in [0, 0.05) is 5.02 Å². The molecule has 0 saturated carbocycles. The van der Waals surface area contributed by atoms with Gasteiger partial charge in [0.15, 0.2) is 0 Å². The SMILES string of the molecule is NCCC=Cc1cc(C(F)(F)F)ccc1Cl. The smallest absolute Gasteiger partial charge is 0.330 e. The average Bonchev–Trinajstić information content (AvgIpc) is 2.19. The Hall–Kier alpha value is -1.00. The predicted octanol–water partition coefficient (Wildman–Crippen LogP) is 3.72. The summed E-state index contributed by atoms with van der Waals surface area (Å²) in [6, 6.07) is 3.23. The molecule has 0 aliphatic carbocycles. The molecule has 0 unspecified atom stereocenters. The molecule has 2 N–H and O–H groups in total. The highest BCUT2D eigenvalue weighted by molar-refractivity contribution is 6.32. The van der Waals surface area contributed by atoms with Crippen LogP contribution in [0.1, 0.15) is 17.5 Å². The van der Waals surface area contributed by atoms with Crippen molar-refractivity contribution in [1.82, 2.24) is 0 Å². The van der Waals surface area contributed by atoms with E-state index in [0.717, 1.165) is 12.1 Å². The van der Waals surface area contributed by atoms with Gasteiger partial charge in [0.25, 0.3) is 0 Å². The van der Waals surface area contributed by atoms with E-state index in [-0.39, 0.29) is 0 Å². The second-order valence-electron chi connectivity index (χ2n) is 3.21. The van der Waals surface area contributed by atoms with Gasteiger partial charge in [-0.25, -0.2) is 0 Å². The molecule has 1 rings (SSSR count). The molecule has 0 radical (unpaired) electrons. The van der Waals surface area contributed by atoms with Gasteiger partial charge in [0.05, 0.1) is 5.56 Å². The highest BCUT2D eigenvalue weighted by Crippen LogP contribution is 2.32. The van der Waals surface area contributed by atoms with Crippen LogP contribution in [0.15, 0.2) is 24.3 Å². The molecular weight excluding hydrogens is 239 g/mol. The quantitative estimate of drug-likeness (QED) is 0.868. The summed E-state index contributed by atoms with van der Waals surface area (Å²) in [5, 5.41) is 0.293. The molecular formula is C11H11ClF3N. The summed E-state index contributed by atoms with van der Waals surface area (Å²) in [6.07, 6.45) is -0.501. The summed E-state index contributed by atoms with van der Waals surface area (Å²) in [5.41, 5.74) is 4.91. The lowest BCUT2D eigenvalue weighted by Gasteiger charge is -2.08. The number of hydrogen-bond donors (Lipinski definition) is 1. The fourth-order valence-corrected chi connectivity index (χ4v) is 1.33. The Morgan fingerprint density at radius 1 is 1.31 bits per heavy atom. The van der Waals surface area contributed by atoms with Crippen molar-refractivity contribution in [1.29, 1.82) is 0 Å². The number of hydrogen-bond acceptors (Lipinski definition) is 1. The van der Waals surface area contributed by atoms with Gasteiger partial charge < -0.3 is 5.73 Å². The third-order valence-corrected chi connectivity index (χ3v) is 2.30. The van der Waals surface area contributed by atoms with Gasteiger partial charge in [0.1, 0.15) is 0 Å². The largest absolute Gasteiger partial charge is 0.416 e. The van der Waals surface area contributed by atoms with Crippen molar-refractivity contribution < 1.29 is 13.2 Å². The van der Waals surface area contributed by atoms with E-state index in [1.54, 1.807) is 12.2 Å². The van der Waals surface area contributed by atoms with Crippen molar-refractivity contribution in [3.8, 4) is 0 Å². The van der Waals surface area contributed by atoms with Crippen molar-refractivity contribution in [2.45, 2.75) is 12.6 Å². The van der Waals surface area contributed by atoms with E-state index < -0.39 is 11.7 Å². The van der Waals surface area contributed by atoms with E-state index in [4.69, 9.17) is 17.3 Å². The maximum absolute atomic E-state index is 12.4. The van der Waals surface area contributed by atoms with Crippen LogP contribution in [0.3, 0.4) is 0 Å². The van der Waals surface area contributed by atoms with Crippen LogP contribution >= 0.6 is 11.6 Å². The normalized spacial score (nSPS) is 12.3. The lowest BCUT2D eigenvalue weighted by molar-refractivity contribution is -0.137. The van der Waals surface area contributed by atoms with Gasteiger partial charge >= 0.3 is 6.18 Å². The Labute approximate surface area is 96.7 Å². The Kier molecular flexibility index (Phi) is 4.38. The van der Waals surface area contributed by atoms with Gasteiger partial charge in [-0.3, -0.25) is 0 Å². The zero-order valence-electron chi connectivity index (χ0n) is 8.39. The monoisotopic (exact) mass is 249 g/mol. The summed E-state index contributed by atoms with van der Waals surface area (Å²) >= 11 is 5.78. The number of benzene rings is 1. The van der Waals surface area contributed by atoms with Crippen LogP contribution in [0.2, 0.25) is 5.02 Å². The second kappa shape index (κ2) is 5.37. The summed E-state index contributed by atoms with van der Waals surface area (Å²) in [5.74, 6) is 0. The van der Waals surface area contributed by atoms with Crippen LogP contribution in [0.5, 0.6) is 0 Å². The molecule has 0 atom stereocenters. The minimum atomic E-state index is -4.35. The van der Waals surface area contributed by atoms with E-state index in [9.17, 15) is 13.2 Å². The molecule has 0 spiro atoms. The molecule has 0 aliphatic heterocycles. The minimum absolute atomic E-state index is 0.293. The van der Waals surface area contributed by atoms with Crippen LogP contribution in [0.25, 0.3) is 6.08 Å². The van der Waals surface area contributed by atoms with Gasteiger partial charge in [-0.2, -0.15) is 13.2 Å². The van der Waals surface area contributed by atoms with Gasteiger partial charge in [0.2, 0.25) is 0 Å². The fourth-order valence-electron chi connectivity index (χ4n) is 1.15. The molecule has 0 heterocycles.